The molecule has 0 aliphatic heterocycles. The van der Waals surface area contributed by atoms with Crippen LogP contribution in [-0.2, 0) is 0 Å². The van der Waals surface area contributed by atoms with Gasteiger partial charge in [-0.05, 0) is 28.2 Å². The van der Waals surface area contributed by atoms with E-state index in [0.29, 0.717) is 5.92 Å². The molecule has 0 fully saturated rings. The van der Waals surface area contributed by atoms with Crippen LogP contribution in [0.1, 0.15) is 20.8 Å². The maximum atomic E-state index is 8.04. The van der Waals surface area contributed by atoms with Crippen molar-refractivity contribution in [3.63, 3.8) is 0 Å². The molecule has 0 aromatic rings. The standard InChI is InChI=1S/C8H13N3S/c1-6(2)8(4)12-7(3)5-10-11-9/h5-6H,4H2,1-3H3/b7-5-. The van der Waals surface area contributed by atoms with Crippen LogP contribution in [0.5, 0.6) is 0 Å². The number of nitrogens with zero attached hydrogens (tertiary/aromatic N) is 3. The molecule has 0 radical (unpaired) electrons. The topological polar surface area (TPSA) is 48.8 Å². The Morgan fingerprint density at radius 2 is 2.25 bits per heavy atom. The molecule has 66 valence electrons. The predicted octanol–water partition coefficient (Wildman–Crippen LogP) is 4.06. The van der Waals surface area contributed by atoms with Crippen molar-refractivity contribution in [2.45, 2.75) is 20.8 Å². The van der Waals surface area contributed by atoms with Gasteiger partial charge in [-0.1, -0.05) is 37.3 Å². The van der Waals surface area contributed by atoms with Crippen LogP contribution in [0.4, 0.5) is 0 Å². The number of azide groups is 1. The molecule has 0 unspecified atom stereocenters. The minimum atomic E-state index is 0.449. The van der Waals surface area contributed by atoms with Crippen LogP contribution in [0.2, 0.25) is 0 Å². The molecular weight excluding hydrogens is 170 g/mol. The van der Waals surface area contributed by atoms with Crippen LogP contribution < -0.4 is 0 Å². The van der Waals surface area contributed by atoms with Gasteiger partial charge in [-0.25, -0.2) is 0 Å². The Hall–Kier alpha value is -0.860. The van der Waals surface area contributed by atoms with Gasteiger partial charge in [-0.2, -0.15) is 0 Å². The average molecular weight is 183 g/mol. The van der Waals surface area contributed by atoms with Crippen LogP contribution in [0.15, 0.2) is 27.7 Å². The Balaban J connectivity index is 4.08. The summed E-state index contributed by atoms with van der Waals surface area (Å²) in [6, 6.07) is 0. The van der Waals surface area contributed by atoms with E-state index in [4.69, 9.17) is 5.53 Å². The third-order valence-corrected chi connectivity index (χ3v) is 2.39. The fourth-order valence-corrected chi connectivity index (χ4v) is 1.21. The van der Waals surface area contributed by atoms with Gasteiger partial charge < -0.3 is 0 Å². The molecule has 0 aromatic heterocycles. The van der Waals surface area contributed by atoms with E-state index in [1.807, 2.05) is 6.92 Å². The SMILES string of the molecule is C=C(S/C(C)=C\N=[N+]=[N-])C(C)C. The molecule has 0 saturated carbocycles. The van der Waals surface area contributed by atoms with Crippen LogP contribution in [-0.4, -0.2) is 0 Å². The van der Waals surface area contributed by atoms with Crippen LogP contribution in [0, 0.1) is 5.92 Å². The second-order valence-electron chi connectivity index (χ2n) is 2.67. The van der Waals surface area contributed by atoms with Crippen molar-refractivity contribution < 1.29 is 0 Å². The Labute approximate surface area is 77.2 Å². The van der Waals surface area contributed by atoms with Gasteiger partial charge in [0.05, 0.1) is 0 Å². The summed E-state index contributed by atoms with van der Waals surface area (Å²) in [5.74, 6) is 0.449. The third-order valence-electron chi connectivity index (χ3n) is 1.23. The van der Waals surface area contributed by atoms with E-state index in [1.54, 1.807) is 11.8 Å². The Kier molecular flexibility index (Phi) is 5.34. The minimum Gasteiger partial charge on any atom is -0.0998 e. The van der Waals surface area contributed by atoms with Crippen LogP contribution >= 0.6 is 11.8 Å². The fraction of sp³-hybridized carbons (Fsp3) is 0.500. The first kappa shape index (κ1) is 11.1. The van der Waals surface area contributed by atoms with Gasteiger partial charge in [0, 0.05) is 11.1 Å². The maximum absolute atomic E-state index is 8.04. The van der Waals surface area contributed by atoms with E-state index in [9.17, 15) is 0 Å². The zero-order valence-electron chi connectivity index (χ0n) is 7.61. The first-order chi connectivity index (χ1) is 5.57. The van der Waals surface area contributed by atoms with Crippen LogP contribution in [0.25, 0.3) is 10.4 Å². The molecule has 3 nitrogen and oxygen atoms in total. The van der Waals surface area contributed by atoms with Crippen molar-refractivity contribution >= 4 is 11.8 Å². The van der Waals surface area contributed by atoms with E-state index in [1.165, 1.54) is 6.20 Å². The monoisotopic (exact) mass is 183 g/mol. The molecule has 0 N–H and O–H groups in total. The smallest absolute Gasteiger partial charge is 0.0105 e. The number of hydrogen-bond donors (Lipinski definition) is 0. The van der Waals surface area contributed by atoms with Crippen molar-refractivity contribution in [1.82, 2.24) is 0 Å². The van der Waals surface area contributed by atoms with Gasteiger partial charge in [0.25, 0.3) is 0 Å². The first-order valence-corrected chi connectivity index (χ1v) is 4.47. The lowest BCUT2D eigenvalue weighted by atomic mass is 10.2. The molecule has 0 heterocycles. The van der Waals surface area contributed by atoms with E-state index in [2.05, 4.69) is 30.5 Å². The van der Waals surface area contributed by atoms with Gasteiger partial charge >= 0.3 is 0 Å². The Morgan fingerprint density at radius 3 is 2.67 bits per heavy atom. The summed E-state index contributed by atoms with van der Waals surface area (Å²) in [5, 5.41) is 3.34. The highest BCUT2D eigenvalue weighted by molar-refractivity contribution is 8.06. The molecule has 0 spiro atoms. The minimum absolute atomic E-state index is 0.449. The molecule has 0 atom stereocenters. The quantitative estimate of drug-likeness (QED) is 0.368. The molecule has 12 heavy (non-hydrogen) atoms. The molecular formula is C8H13N3S. The summed E-state index contributed by atoms with van der Waals surface area (Å²) in [6.07, 6.45) is 1.50. The van der Waals surface area contributed by atoms with Crippen molar-refractivity contribution in [2.24, 2.45) is 11.0 Å². The predicted molar refractivity (Wildman–Crippen MR) is 54.5 cm³/mol. The van der Waals surface area contributed by atoms with Gasteiger partial charge in [0.1, 0.15) is 0 Å². The summed E-state index contributed by atoms with van der Waals surface area (Å²) in [7, 11) is 0. The summed E-state index contributed by atoms with van der Waals surface area (Å²) in [4.78, 5) is 4.68. The normalized spacial score (nSPS) is 11.2. The lowest BCUT2D eigenvalue weighted by molar-refractivity contribution is 0.820. The van der Waals surface area contributed by atoms with Crippen LogP contribution in [0.3, 0.4) is 0 Å². The van der Waals surface area contributed by atoms with Gasteiger partial charge in [0.2, 0.25) is 0 Å². The first-order valence-electron chi connectivity index (χ1n) is 3.65. The lowest BCUT2D eigenvalue weighted by Gasteiger charge is -2.07. The van der Waals surface area contributed by atoms with Gasteiger partial charge in [0.15, 0.2) is 0 Å². The number of rotatable bonds is 4. The van der Waals surface area contributed by atoms with Crippen molar-refractivity contribution in [2.75, 3.05) is 0 Å². The van der Waals surface area contributed by atoms with E-state index >= 15 is 0 Å². The van der Waals surface area contributed by atoms with Gasteiger partial charge in [-0.3, -0.25) is 0 Å². The molecule has 0 aromatic carbocycles. The second kappa shape index (κ2) is 5.75. The number of allylic oxidation sites excluding steroid dienone is 2. The zero-order chi connectivity index (χ0) is 9.56. The highest BCUT2D eigenvalue weighted by Crippen LogP contribution is 2.28. The van der Waals surface area contributed by atoms with Crippen molar-refractivity contribution in [3.8, 4) is 0 Å². The fourth-order valence-electron chi connectivity index (χ4n) is 0.458. The summed E-state index contributed by atoms with van der Waals surface area (Å²) in [5.41, 5.74) is 8.04. The second-order valence-corrected chi connectivity index (χ2v) is 4.04. The lowest BCUT2D eigenvalue weighted by Crippen LogP contribution is -1.86. The zero-order valence-corrected chi connectivity index (χ0v) is 8.43. The summed E-state index contributed by atoms with van der Waals surface area (Å²) in [6.45, 7) is 9.94. The number of hydrogen-bond acceptors (Lipinski definition) is 2. The highest BCUT2D eigenvalue weighted by Gasteiger charge is 2.00. The molecule has 0 bridgehead atoms. The van der Waals surface area contributed by atoms with E-state index in [0.717, 1.165) is 9.81 Å². The van der Waals surface area contributed by atoms with Crippen molar-refractivity contribution in [1.29, 1.82) is 0 Å². The summed E-state index contributed by atoms with van der Waals surface area (Å²) < 4.78 is 0. The van der Waals surface area contributed by atoms with Gasteiger partial charge in [-0.15, -0.1) is 0 Å². The number of thioether (sulfide) groups is 1. The Morgan fingerprint density at radius 1 is 1.67 bits per heavy atom. The maximum Gasteiger partial charge on any atom is 0.0105 e. The molecule has 4 heteroatoms. The highest BCUT2D eigenvalue weighted by atomic mass is 32.2. The molecule has 0 amide bonds. The van der Waals surface area contributed by atoms with E-state index in [-0.39, 0.29) is 0 Å². The van der Waals surface area contributed by atoms with Crippen molar-refractivity contribution in [3.05, 3.63) is 33.0 Å². The summed E-state index contributed by atoms with van der Waals surface area (Å²) >= 11 is 1.55. The Bertz CT molecular complexity index is 237. The third kappa shape index (κ3) is 4.88. The average Bonchev–Trinajstić information content (AvgIpc) is 2.00. The molecule has 0 saturated heterocycles. The largest absolute Gasteiger partial charge is 0.0998 e. The molecule has 0 aliphatic carbocycles. The molecule has 0 aliphatic rings. The van der Waals surface area contributed by atoms with E-state index < -0.39 is 0 Å². The molecule has 0 rings (SSSR count).